The number of allylic oxidation sites excluding steroid dienone is 5. The summed E-state index contributed by atoms with van der Waals surface area (Å²) in [5, 5.41) is 29.4. The van der Waals surface area contributed by atoms with E-state index in [4.69, 9.17) is 4.74 Å². The van der Waals surface area contributed by atoms with Crippen molar-refractivity contribution < 1.29 is 20.1 Å². The number of ether oxygens (including phenoxy) is 1. The Kier molecular flexibility index (Phi) is 10.5. The predicted molar refractivity (Wildman–Crippen MR) is 138 cm³/mol. The first-order valence-corrected chi connectivity index (χ1v) is 12.1. The molecule has 2 rings (SSSR count). The zero-order valence-corrected chi connectivity index (χ0v) is 21.1. The van der Waals surface area contributed by atoms with Crippen molar-refractivity contribution in [3.05, 3.63) is 70.8 Å². The Morgan fingerprint density at radius 2 is 1.39 bits per heavy atom. The van der Waals surface area contributed by atoms with E-state index in [1.807, 2.05) is 0 Å². The van der Waals surface area contributed by atoms with Gasteiger partial charge in [-0.05, 0) is 90.6 Å². The highest BCUT2D eigenvalue weighted by atomic mass is 32.2. The van der Waals surface area contributed by atoms with Gasteiger partial charge < -0.3 is 20.1 Å². The van der Waals surface area contributed by atoms with Gasteiger partial charge in [0.25, 0.3) is 0 Å². The Labute approximate surface area is 202 Å². The van der Waals surface area contributed by atoms with Gasteiger partial charge in [-0.1, -0.05) is 40.1 Å². The summed E-state index contributed by atoms with van der Waals surface area (Å²) in [7, 11) is 0. The molecule has 0 saturated heterocycles. The average Bonchev–Trinajstić information content (AvgIpc) is 2.75. The van der Waals surface area contributed by atoms with E-state index in [0.717, 1.165) is 30.6 Å². The zero-order chi connectivity index (χ0) is 24.4. The molecule has 4 nitrogen and oxygen atoms in total. The molecule has 0 fully saturated rings. The highest BCUT2D eigenvalue weighted by molar-refractivity contribution is 7.99. The average molecular weight is 469 g/mol. The normalized spacial score (nSPS) is 12.0. The summed E-state index contributed by atoms with van der Waals surface area (Å²) < 4.78 is 5.94. The van der Waals surface area contributed by atoms with Gasteiger partial charge in [0.15, 0.2) is 0 Å². The number of hydrogen-bond donors (Lipinski definition) is 3. The van der Waals surface area contributed by atoms with Crippen LogP contribution in [0.5, 0.6) is 23.0 Å². The van der Waals surface area contributed by atoms with Gasteiger partial charge in [0.05, 0.1) is 9.79 Å². The van der Waals surface area contributed by atoms with Crippen LogP contribution in [0.1, 0.15) is 60.3 Å². The molecule has 0 aliphatic carbocycles. The monoisotopic (exact) mass is 468 g/mol. The molecule has 2 aromatic rings. The third-order valence-corrected chi connectivity index (χ3v) is 6.66. The molecule has 178 valence electrons. The van der Waals surface area contributed by atoms with E-state index in [1.165, 1.54) is 46.2 Å². The number of hydrogen-bond acceptors (Lipinski definition) is 5. The Hall–Kier alpha value is -2.79. The van der Waals surface area contributed by atoms with Gasteiger partial charge in [-0.25, -0.2) is 0 Å². The molecular formula is C28H36O4S. The van der Waals surface area contributed by atoms with Crippen molar-refractivity contribution >= 4 is 11.8 Å². The lowest BCUT2D eigenvalue weighted by atomic mass is 10.0. The maximum atomic E-state index is 10.1. The van der Waals surface area contributed by atoms with Gasteiger partial charge >= 0.3 is 0 Å². The van der Waals surface area contributed by atoms with Crippen LogP contribution in [0.3, 0.4) is 0 Å². The number of phenolic OH excluding ortho intramolecular Hbond substituents is 3. The lowest BCUT2D eigenvalue weighted by Crippen LogP contribution is -1.96. The maximum absolute atomic E-state index is 10.1. The molecule has 0 aliphatic rings. The van der Waals surface area contributed by atoms with E-state index in [0.29, 0.717) is 17.3 Å². The highest BCUT2D eigenvalue weighted by Crippen LogP contribution is 2.41. The first-order valence-electron chi connectivity index (χ1n) is 11.3. The topological polar surface area (TPSA) is 69.9 Å². The van der Waals surface area contributed by atoms with Crippen molar-refractivity contribution in [1.29, 1.82) is 0 Å². The Bertz CT molecular complexity index is 1030. The van der Waals surface area contributed by atoms with Gasteiger partial charge in [-0.15, -0.1) is 0 Å². The molecule has 0 atom stereocenters. The number of phenols is 3. The van der Waals surface area contributed by atoms with Gasteiger partial charge in [0.2, 0.25) is 0 Å². The molecular weight excluding hydrogens is 432 g/mol. The van der Waals surface area contributed by atoms with Gasteiger partial charge in [0, 0.05) is 12.1 Å². The van der Waals surface area contributed by atoms with Gasteiger partial charge in [0.1, 0.15) is 29.6 Å². The fraction of sp³-hybridized carbons (Fsp3) is 0.357. The summed E-state index contributed by atoms with van der Waals surface area (Å²) in [5.41, 5.74) is 5.55. The summed E-state index contributed by atoms with van der Waals surface area (Å²) in [6.07, 6.45) is 8.63. The minimum atomic E-state index is -0.00537. The van der Waals surface area contributed by atoms with E-state index in [9.17, 15) is 15.3 Å². The Morgan fingerprint density at radius 3 is 2.03 bits per heavy atom. The van der Waals surface area contributed by atoms with Crippen LogP contribution in [0.25, 0.3) is 0 Å². The summed E-state index contributed by atoms with van der Waals surface area (Å²) in [5.74, 6) is 0.665. The van der Waals surface area contributed by atoms with E-state index < -0.39 is 0 Å². The maximum Gasteiger partial charge on any atom is 0.137 e. The van der Waals surface area contributed by atoms with Gasteiger partial charge in [-0.3, -0.25) is 0 Å². The Morgan fingerprint density at radius 1 is 0.788 bits per heavy atom. The van der Waals surface area contributed by atoms with E-state index >= 15 is 0 Å². The lowest BCUT2D eigenvalue weighted by Gasteiger charge is -2.12. The molecule has 0 bridgehead atoms. The van der Waals surface area contributed by atoms with Crippen molar-refractivity contribution in [2.45, 2.75) is 70.1 Å². The molecule has 0 aliphatic heterocycles. The summed E-state index contributed by atoms with van der Waals surface area (Å²) in [6, 6.07) is 9.38. The second kappa shape index (κ2) is 13.0. The van der Waals surface area contributed by atoms with E-state index in [-0.39, 0.29) is 17.2 Å². The summed E-state index contributed by atoms with van der Waals surface area (Å²) in [4.78, 5) is 1.36. The SMILES string of the molecule is CC(=CCCC(C)=C(C)C)CCC(C)=CCOc1cc(O)ccc1Sc1ccc(O)cc1O. The molecule has 0 aromatic heterocycles. The minimum absolute atomic E-state index is 0.00537. The van der Waals surface area contributed by atoms with Crippen LogP contribution >= 0.6 is 11.8 Å². The highest BCUT2D eigenvalue weighted by Gasteiger charge is 2.10. The molecule has 3 N–H and O–H groups in total. The number of benzene rings is 2. The summed E-state index contributed by atoms with van der Waals surface area (Å²) >= 11 is 1.31. The van der Waals surface area contributed by atoms with Crippen molar-refractivity contribution in [1.82, 2.24) is 0 Å². The molecule has 5 heteroatoms. The van der Waals surface area contributed by atoms with Crippen LogP contribution in [0.4, 0.5) is 0 Å². The van der Waals surface area contributed by atoms with Crippen molar-refractivity contribution in [2.75, 3.05) is 6.61 Å². The molecule has 2 aromatic carbocycles. The van der Waals surface area contributed by atoms with Crippen LogP contribution in [-0.2, 0) is 0 Å². The van der Waals surface area contributed by atoms with E-state index in [2.05, 4.69) is 46.8 Å². The fourth-order valence-corrected chi connectivity index (χ4v) is 3.95. The first-order chi connectivity index (χ1) is 15.7. The molecule has 0 spiro atoms. The molecule has 0 unspecified atom stereocenters. The fourth-order valence-electron chi connectivity index (χ4n) is 3.06. The molecule has 0 saturated carbocycles. The predicted octanol–water partition coefficient (Wildman–Crippen LogP) is 8.14. The number of aromatic hydroxyl groups is 3. The van der Waals surface area contributed by atoms with Crippen molar-refractivity contribution in [3.63, 3.8) is 0 Å². The van der Waals surface area contributed by atoms with Crippen molar-refractivity contribution in [2.24, 2.45) is 0 Å². The molecule has 0 radical (unpaired) electrons. The quantitative estimate of drug-likeness (QED) is 0.290. The van der Waals surface area contributed by atoms with Crippen LogP contribution < -0.4 is 4.74 Å². The van der Waals surface area contributed by atoms with Crippen LogP contribution in [0.2, 0.25) is 0 Å². The second-order valence-corrected chi connectivity index (χ2v) is 9.70. The van der Waals surface area contributed by atoms with Crippen molar-refractivity contribution in [3.8, 4) is 23.0 Å². The first kappa shape index (κ1) is 26.5. The zero-order valence-electron chi connectivity index (χ0n) is 20.3. The Balaban J connectivity index is 1.92. The molecule has 0 heterocycles. The van der Waals surface area contributed by atoms with Crippen LogP contribution in [0, 0.1) is 0 Å². The van der Waals surface area contributed by atoms with Crippen LogP contribution in [0.15, 0.2) is 80.6 Å². The number of rotatable bonds is 11. The second-order valence-electron chi connectivity index (χ2n) is 8.62. The third-order valence-electron chi connectivity index (χ3n) is 5.54. The standard InChI is InChI=1S/C28H36O4S/c1-19(2)22(5)8-6-7-20(3)9-10-21(4)15-16-32-26-18-24(30)12-14-28(26)33-27-13-11-23(29)17-25(27)31/h7,11-15,17-18,29-31H,6,8-10,16H2,1-5H3. The molecule has 33 heavy (non-hydrogen) atoms. The largest absolute Gasteiger partial charge is 0.508 e. The van der Waals surface area contributed by atoms with Gasteiger partial charge in [-0.2, -0.15) is 0 Å². The third kappa shape index (κ3) is 9.30. The molecule has 0 amide bonds. The smallest absolute Gasteiger partial charge is 0.137 e. The van der Waals surface area contributed by atoms with E-state index in [1.54, 1.807) is 24.3 Å². The van der Waals surface area contributed by atoms with Crippen LogP contribution in [-0.4, -0.2) is 21.9 Å². The summed E-state index contributed by atoms with van der Waals surface area (Å²) in [6.45, 7) is 11.2. The minimum Gasteiger partial charge on any atom is -0.508 e. The lowest BCUT2D eigenvalue weighted by molar-refractivity contribution is 0.349.